The van der Waals surface area contributed by atoms with Crippen LogP contribution in [0.4, 0.5) is 0 Å². The van der Waals surface area contributed by atoms with Gasteiger partial charge in [0.1, 0.15) is 17.5 Å². The second-order valence-electron chi connectivity index (χ2n) is 6.53. The molecule has 3 rings (SSSR count). The molecule has 0 fully saturated rings. The topological polar surface area (TPSA) is 78.5 Å². The highest BCUT2D eigenvalue weighted by molar-refractivity contribution is 5.84. The van der Waals surface area contributed by atoms with Crippen LogP contribution in [-0.2, 0) is 13.1 Å². The highest BCUT2D eigenvalue weighted by Gasteiger charge is 2.21. The van der Waals surface area contributed by atoms with E-state index in [-0.39, 0.29) is 5.69 Å². The standard InChI is InChI=1S/C16H22N6O/c1-5-11(4)7-22-15-13(20-16(22)23)12-14(17-8-18-15)21(9-19-12)6-10(2)3/h8-11H,5-7H2,1-4H3. The number of hydrogen-bond donors (Lipinski definition) is 0. The predicted octanol–water partition coefficient (Wildman–Crippen LogP) is 2.19. The number of hydrogen-bond acceptors (Lipinski definition) is 5. The molecule has 7 nitrogen and oxygen atoms in total. The normalized spacial score (nSPS) is 13.3. The first kappa shape index (κ1) is 15.6. The molecule has 23 heavy (non-hydrogen) atoms. The van der Waals surface area contributed by atoms with Crippen molar-refractivity contribution in [3.63, 3.8) is 0 Å². The second kappa shape index (κ2) is 6.06. The third-order valence-electron chi connectivity index (χ3n) is 4.05. The monoisotopic (exact) mass is 314 g/mol. The summed E-state index contributed by atoms with van der Waals surface area (Å²) in [6.45, 7) is 9.91. The molecule has 0 saturated heterocycles. The molecule has 1 aromatic heterocycles. The first-order valence-corrected chi connectivity index (χ1v) is 8.07. The quantitative estimate of drug-likeness (QED) is 0.721. The zero-order valence-electron chi connectivity index (χ0n) is 14.0. The first-order chi connectivity index (χ1) is 11.0. The minimum Gasteiger partial charge on any atom is -0.315 e. The molecule has 2 aliphatic rings. The van der Waals surface area contributed by atoms with Crippen molar-refractivity contribution in [3.8, 4) is 11.5 Å². The fraction of sp³-hybridized carbons (Fsp3) is 0.562. The lowest BCUT2D eigenvalue weighted by atomic mass is 10.1. The van der Waals surface area contributed by atoms with Crippen LogP contribution < -0.4 is 5.69 Å². The minimum absolute atomic E-state index is 0.265. The summed E-state index contributed by atoms with van der Waals surface area (Å²) in [5.74, 6) is 1.42. The fourth-order valence-electron chi connectivity index (χ4n) is 2.66. The Bertz CT molecular complexity index is 850. The van der Waals surface area contributed by atoms with Gasteiger partial charge in [-0.1, -0.05) is 34.1 Å². The SMILES string of the molecule is CCC(C)Cn1c2ncnc3c(ncn3CC(C)C)c-2nc1=O. The van der Waals surface area contributed by atoms with Crippen molar-refractivity contribution in [3.05, 3.63) is 23.1 Å². The summed E-state index contributed by atoms with van der Waals surface area (Å²) in [7, 11) is 0. The van der Waals surface area contributed by atoms with Crippen molar-refractivity contribution in [2.75, 3.05) is 0 Å². The van der Waals surface area contributed by atoms with Crippen molar-refractivity contribution in [1.29, 1.82) is 0 Å². The number of aromatic nitrogens is 6. The Hall–Kier alpha value is -2.31. The van der Waals surface area contributed by atoms with E-state index >= 15 is 0 Å². The van der Waals surface area contributed by atoms with Crippen LogP contribution in [-0.4, -0.2) is 29.1 Å². The summed E-state index contributed by atoms with van der Waals surface area (Å²) >= 11 is 0. The smallest absolute Gasteiger partial charge is 0.315 e. The molecule has 1 unspecified atom stereocenters. The summed E-state index contributed by atoms with van der Waals surface area (Å²) in [5, 5.41) is 0. The lowest BCUT2D eigenvalue weighted by molar-refractivity contribution is 0.461. The van der Waals surface area contributed by atoms with Crippen LogP contribution in [0.2, 0.25) is 0 Å². The van der Waals surface area contributed by atoms with Crippen LogP contribution in [0.3, 0.4) is 0 Å². The van der Waals surface area contributed by atoms with Gasteiger partial charge in [0.25, 0.3) is 0 Å². The van der Waals surface area contributed by atoms with E-state index in [0.717, 1.165) is 18.6 Å². The van der Waals surface area contributed by atoms with Crippen LogP contribution in [0.25, 0.3) is 22.7 Å². The minimum atomic E-state index is -0.265. The number of fused-ring (bicyclic) bond motifs is 3. The lowest BCUT2D eigenvalue weighted by Crippen LogP contribution is -2.20. The maximum Gasteiger partial charge on any atom is 0.350 e. The summed E-state index contributed by atoms with van der Waals surface area (Å²) in [6, 6.07) is 0. The summed E-state index contributed by atoms with van der Waals surface area (Å²) in [4.78, 5) is 29.7. The zero-order valence-corrected chi connectivity index (χ0v) is 14.0. The maximum absolute atomic E-state index is 12.3. The van der Waals surface area contributed by atoms with Gasteiger partial charge in [-0.2, -0.15) is 4.98 Å². The molecule has 0 aliphatic carbocycles. The Morgan fingerprint density at radius 2 is 1.91 bits per heavy atom. The van der Waals surface area contributed by atoms with Crippen LogP contribution in [0.15, 0.2) is 17.4 Å². The molecule has 0 radical (unpaired) electrons. The van der Waals surface area contributed by atoms with Gasteiger partial charge in [-0.15, -0.1) is 0 Å². The van der Waals surface area contributed by atoms with Crippen LogP contribution in [0.5, 0.6) is 0 Å². The molecule has 1 aromatic rings. The first-order valence-electron chi connectivity index (χ1n) is 8.07. The molecule has 1 atom stereocenters. The average molecular weight is 314 g/mol. The molecule has 0 saturated carbocycles. The second-order valence-corrected chi connectivity index (χ2v) is 6.53. The van der Waals surface area contributed by atoms with Crippen molar-refractivity contribution < 1.29 is 0 Å². The number of rotatable bonds is 5. The van der Waals surface area contributed by atoms with Gasteiger partial charge in [-0.3, -0.25) is 4.57 Å². The third-order valence-corrected chi connectivity index (χ3v) is 4.05. The largest absolute Gasteiger partial charge is 0.350 e. The van der Waals surface area contributed by atoms with Crippen molar-refractivity contribution in [2.24, 2.45) is 11.8 Å². The molecule has 0 amide bonds. The Morgan fingerprint density at radius 3 is 2.61 bits per heavy atom. The molecule has 0 bridgehead atoms. The Labute approximate surface area is 134 Å². The molecular weight excluding hydrogens is 292 g/mol. The van der Waals surface area contributed by atoms with E-state index in [0.29, 0.717) is 35.4 Å². The zero-order chi connectivity index (χ0) is 16.6. The van der Waals surface area contributed by atoms with Gasteiger partial charge < -0.3 is 4.57 Å². The van der Waals surface area contributed by atoms with E-state index in [1.54, 1.807) is 10.9 Å². The molecule has 0 N–H and O–H groups in total. The highest BCUT2D eigenvalue weighted by atomic mass is 16.1. The van der Waals surface area contributed by atoms with E-state index in [9.17, 15) is 4.79 Å². The Balaban J connectivity index is 2.16. The number of nitrogens with zero attached hydrogens (tertiary/aromatic N) is 6. The van der Waals surface area contributed by atoms with Gasteiger partial charge in [-0.25, -0.2) is 19.7 Å². The van der Waals surface area contributed by atoms with Crippen LogP contribution in [0, 0.1) is 11.8 Å². The highest BCUT2D eigenvalue weighted by Crippen LogP contribution is 2.23. The van der Waals surface area contributed by atoms with Gasteiger partial charge in [0.15, 0.2) is 11.5 Å². The van der Waals surface area contributed by atoms with E-state index in [4.69, 9.17) is 0 Å². The molecule has 7 heteroatoms. The van der Waals surface area contributed by atoms with Crippen LogP contribution >= 0.6 is 0 Å². The lowest BCUT2D eigenvalue weighted by Gasteiger charge is -2.08. The van der Waals surface area contributed by atoms with Crippen LogP contribution in [0.1, 0.15) is 34.1 Å². The molecule has 2 aliphatic heterocycles. The molecular formula is C16H22N6O. The van der Waals surface area contributed by atoms with Gasteiger partial charge in [-0.05, 0) is 11.8 Å². The fourth-order valence-corrected chi connectivity index (χ4v) is 2.66. The molecule has 0 spiro atoms. The van der Waals surface area contributed by atoms with Gasteiger partial charge in [0.05, 0.1) is 6.33 Å². The van der Waals surface area contributed by atoms with Gasteiger partial charge in [0, 0.05) is 13.1 Å². The molecule has 0 aromatic carbocycles. The summed E-state index contributed by atoms with van der Waals surface area (Å²) in [5.41, 5.74) is 1.62. The van der Waals surface area contributed by atoms with Crippen molar-refractivity contribution >= 4 is 11.2 Å². The number of imidazole rings is 2. The summed E-state index contributed by atoms with van der Waals surface area (Å²) < 4.78 is 3.62. The molecule has 122 valence electrons. The van der Waals surface area contributed by atoms with Gasteiger partial charge >= 0.3 is 5.69 Å². The Morgan fingerprint density at radius 1 is 1.13 bits per heavy atom. The van der Waals surface area contributed by atoms with E-state index < -0.39 is 0 Å². The van der Waals surface area contributed by atoms with Crippen molar-refractivity contribution in [2.45, 2.75) is 47.2 Å². The van der Waals surface area contributed by atoms with E-state index in [2.05, 4.69) is 47.6 Å². The van der Waals surface area contributed by atoms with Gasteiger partial charge in [0.2, 0.25) is 0 Å². The molecule has 3 heterocycles. The average Bonchev–Trinajstić information content (AvgIpc) is 2.96. The summed E-state index contributed by atoms with van der Waals surface area (Å²) in [6.07, 6.45) is 4.25. The Kier molecular flexibility index (Phi) is 4.11. The van der Waals surface area contributed by atoms with E-state index in [1.807, 2.05) is 4.57 Å². The third kappa shape index (κ3) is 2.83. The maximum atomic E-state index is 12.3. The predicted molar refractivity (Wildman–Crippen MR) is 88.3 cm³/mol. The van der Waals surface area contributed by atoms with E-state index in [1.165, 1.54) is 6.33 Å². The van der Waals surface area contributed by atoms with Crippen molar-refractivity contribution in [1.82, 2.24) is 29.1 Å².